The van der Waals surface area contributed by atoms with Crippen LogP contribution >= 0.6 is 11.3 Å². The number of hydrogen-bond donors (Lipinski definition) is 0. The second kappa shape index (κ2) is 35.3. The third-order valence-electron chi connectivity index (χ3n) is 29.0. The van der Waals surface area contributed by atoms with Crippen LogP contribution in [0.1, 0.15) is 208 Å². The summed E-state index contributed by atoms with van der Waals surface area (Å²) in [4.78, 5) is 0. The molecule has 0 atom stereocenters. The van der Waals surface area contributed by atoms with Gasteiger partial charge in [0.05, 0.1) is 0 Å². The van der Waals surface area contributed by atoms with Gasteiger partial charge in [-0.3, -0.25) is 0 Å². The number of pyridine rings is 4. The molecule has 5 nitrogen and oxygen atoms in total. The summed E-state index contributed by atoms with van der Waals surface area (Å²) in [6.45, 7) is 40.5. The summed E-state index contributed by atoms with van der Waals surface area (Å²) in [6, 6.07) is 99.8. The van der Waals surface area contributed by atoms with E-state index in [1.165, 1.54) is 246 Å². The van der Waals surface area contributed by atoms with Crippen molar-refractivity contribution in [2.75, 3.05) is 0 Å². The van der Waals surface area contributed by atoms with Crippen LogP contribution in [-0.4, -0.2) is 0 Å². The molecule has 1 spiro atoms. The number of nitrogens with zero attached hydrogens (tertiary/aromatic N) is 4. The standard InChI is InChI=1S/C34H36N.C32H34N.C29H28NO.C29H28NS/c1-22(2)25-12-14-28-29-15-13-26(19-32(29)34(31(28)18-25)16-8-9-17-34)30-20-33(35(5)21-24(30)4)27-11-7-6-10-23(27)3;1-20(2)23-12-14-26-27-15-13-24(17-30(27)32(5,6)29(26)16-23)28-18-31(33(7)19-22(28)4)25-11-9-8-10-21(25)3;2*1-18(2)21-10-12-24-25-13-11-22(15-29(25)31-28(24)14-21)26-16-27(30(5)17-20(26)4)23-9-7-6-8-19(23)3/h6-7,10-15,18-22H,8-9,16-17H2,1-5H3;8-20H,1-7H3;2*6-18H,1-5H3/q4*+1. The van der Waals surface area contributed by atoms with Crippen LogP contribution in [-0.2, 0) is 39.0 Å². The summed E-state index contributed by atoms with van der Waals surface area (Å²) in [6.07, 6.45) is 14.2. The van der Waals surface area contributed by atoms with Gasteiger partial charge in [0, 0.05) is 111 Å². The van der Waals surface area contributed by atoms with Crippen molar-refractivity contribution >= 4 is 53.4 Å². The average molecular weight is 1720 g/mol. The van der Waals surface area contributed by atoms with Crippen molar-refractivity contribution in [3.63, 3.8) is 0 Å². The lowest BCUT2D eigenvalue weighted by Gasteiger charge is -2.27. The zero-order valence-corrected chi connectivity index (χ0v) is 81.3. The van der Waals surface area contributed by atoms with E-state index in [0.717, 1.165) is 11.2 Å². The highest BCUT2D eigenvalue weighted by Gasteiger charge is 2.46. The molecule has 3 aliphatic carbocycles. The van der Waals surface area contributed by atoms with Gasteiger partial charge < -0.3 is 4.42 Å². The van der Waals surface area contributed by atoms with Crippen molar-refractivity contribution < 1.29 is 22.7 Å². The highest BCUT2D eigenvalue weighted by molar-refractivity contribution is 7.25. The van der Waals surface area contributed by atoms with Gasteiger partial charge in [-0.1, -0.05) is 258 Å². The first-order chi connectivity index (χ1) is 62.4. The van der Waals surface area contributed by atoms with Gasteiger partial charge in [-0.2, -0.15) is 0 Å². The summed E-state index contributed by atoms with van der Waals surface area (Å²) in [5.74, 6) is 2.14. The van der Waals surface area contributed by atoms with Crippen LogP contribution in [0.15, 0.2) is 296 Å². The van der Waals surface area contributed by atoms with Crippen molar-refractivity contribution in [1.29, 1.82) is 0 Å². The number of aryl methyl sites for hydroxylation is 12. The normalized spacial score (nSPS) is 13.3. The van der Waals surface area contributed by atoms with Crippen molar-refractivity contribution in [1.82, 2.24) is 0 Å². The number of furan rings is 1. The van der Waals surface area contributed by atoms with Crippen molar-refractivity contribution in [3.05, 3.63) is 381 Å². The molecule has 0 saturated heterocycles. The molecule has 1 fully saturated rings. The number of thiophene rings is 1. The van der Waals surface area contributed by atoms with Gasteiger partial charge in [-0.15, -0.1) is 11.3 Å². The Bertz CT molecular complexity index is 7270. The molecule has 0 radical (unpaired) electrons. The van der Waals surface area contributed by atoms with Gasteiger partial charge in [0.25, 0.3) is 0 Å². The van der Waals surface area contributed by atoms with Gasteiger partial charge >= 0.3 is 0 Å². The summed E-state index contributed by atoms with van der Waals surface area (Å²) in [7, 11) is 8.57. The van der Waals surface area contributed by atoms with Gasteiger partial charge in [0.15, 0.2) is 24.8 Å². The Hall–Kier alpha value is -12.7. The Morgan fingerprint density at radius 1 is 0.262 bits per heavy atom. The summed E-state index contributed by atoms with van der Waals surface area (Å²) < 4.78 is 18.0. The van der Waals surface area contributed by atoms with Gasteiger partial charge in [0.2, 0.25) is 22.8 Å². The lowest BCUT2D eigenvalue weighted by molar-refractivity contribution is -0.660. The van der Waals surface area contributed by atoms with Crippen LogP contribution < -0.4 is 18.3 Å². The molecule has 6 heteroatoms. The smallest absolute Gasteiger partial charge is 0.213 e. The monoisotopic (exact) mass is 1720 g/mol. The first-order valence-corrected chi connectivity index (χ1v) is 48.0. The van der Waals surface area contributed by atoms with E-state index in [4.69, 9.17) is 4.42 Å². The van der Waals surface area contributed by atoms with Crippen LogP contribution in [0.3, 0.4) is 0 Å². The molecule has 18 aromatic rings. The maximum absolute atomic E-state index is 6.30. The number of aromatic nitrogens is 4. The van der Waals surface area contributed by atoms with E-state index in [1.54, 1.807) is 11.1 Å². The Labute approximate surface area is 776 Å². The molecule has 130 heavy (non-hydrogen) atoms. The summed E-state index contributed by atoms with van der Waals surface area (Å²) in [5, 5.41) is 5.08. The van der Waals surface area contributed by atoms with Gasteiger partial charge in [0.1, 0.15) is 39.4 Å². The second-order valence-electron chi connectivity index (χ2n) is 39.5. The van der Waals surface area contributed by atoms with Crippen LogP contribution in [0, 0.1) is 55.4 Å². The molecule has 6 heterocycles. The minimum atomic E-state index is -0.00221. The number of rotatable bonds is 12. The predicted molar refractivity (Wildman–Crippen MR) is 551 cm³/mol. The fraction of sp³-hybridized carbons (Fsp3) is 0.258. The van der Waals surface area contributed by atoms with Gasteiger partial charge in [-0.25, -0.2) is 18.3 Å². The topological polar surface area (TPSA) is 28.7 Å². The molecule has 0 aliphatic heterocycles. The van der Waals surface area contributed by atoms with E-state index >= 15 is 0 Å². The molecule has 21 rings (SSSR count). The van der Waals surface area contributed by atoms with Crippen LogP contribution in [0.25, 0.3) is 154 Å². The van der Waals surface area contributed by atoms with Crippen molar-refractivity contribution in [2.45, 2.75) is 185 Å². The van der Waals surface area contributed by atoms with Crippen LogP contribution in [0.5, 0.6) is 0 Å². The summed E-state index contributed by atoms with van der Waals surface area (Å²) >= 11 is 1.91. The van der Waals surface area contributed by atoms with Crippen LogP contribution in [0.4, 0.5) is 0 Å². The molecule has 0 unspecified atom stereocenters. The SMILES string of the molecule is Cc1c[n+](C)c(-c2ccccc2C)cc1-c1ccc2c(c1)C(C)(C)c1cc(C(C)C)ccc1-2.Cc1c[n+](C)c(-c2ccccc2C)cc1-c1ccc2c(c1)C1(CCCC1)c1cc(C(C)C)ccc1-2.Cc1c[n+](C)c(-c2ccccc2C)cc1-c1ccc2c(c1)oc1cc(C(C)C)ccc12.Cc1c[n+](C)c(-c2ccccc2C)cc1-c1ccc2c(c1)sc1cc(C(C)C)ccc12. The summed E-state index contributed by atoms with van der Waals surface area (Å²) in [5.41, 5.74) is 50.2. The third kappa shape index (κ3) is 16.3. The Morgan fingerprint density at radius 3 is 0.954 bits per heavy atom. The average Bonchev–Trinajstić information content (AvgIpc) is 1.55. The molecule has 0 N–H and O–H groups in total. The molecule has 6 aromatic heterocycles. The quantitative estimate of drug-likeness (QED) is 0.112. The van der Waals surface area contributed by atoms with E-state index < -0.39 is 0 Å². The minimum absolute atomic E-state index is 0.00221. The molecular weight excluding hydrogens is 1590 g/mol. The van der Waals surface area contributed by atoms with E-state index in [0.29, 0.717) is 23.7 Å². The van der Waals surface area contributed by atoms with Crippen molar-refractivity contribution in [3.8, 4) is 112 Å². The van der Waals surface area contributed by atoms with Gasteiger partial charge in [-0.05, 0) is 292 Å². The second-order valence-corrected chi connectivity index (χ2v) is 40.6. The fourth-order valence-electron chi connectivity index (χ4n) is 21.4. The number of benzene rings is 12. The Balaban J connectivity index is 0.000000117. The highest BCUT2D eigenvalue weighted by atomic mass is 32.1. The van der Waals surface area contributed by atoms with E-state index in [1.807, 2.05) is 11.3 Å². The van der Waals surface area contributed by atoms with Crippen molar-refractivity contribution in [2.24, 2.45) is 28.2 Å². The maximum Gasteiger partial charge on any atom is 0.213 e. The maximum atomic E-state index is 6.30. The van der Waals surface area contributed by atoms with E-state index in [9.17, 15) is 0 Å². The van der Waals surface area contributed by atoms with Crippen LogP contribution in [0.2, 0.25) is 0 Å². The fourth-order valence-corrected chi connectivity index (χ4v) is 22.6. The zero-order chi connectivity index (χ0) is 91.2. The zero-order valence-electron chi connectivity index (χ0n) is 80.5. The third-order valence-corrected chi connectivity index (χ3v) is 30.1. The molecular formula is C124H126N4OS+4. The van der Waals surface area contributed by atoms with E-state index in [2.05, 4.69) is 463 Å². The number of hydrogen-bond acceptors (Lipinski definition) is 2. The minimum Gasteiger partial charge on any atom is -0.456 e. The van der Waals surface area contributed by atoms with E-state index in [-0.39, 0.29) is 10.8 Å². The lowest BCUT2D eigenvalue weighted by atomic mass is 9.75. The Kier molecular flexibility index (Phi) is 23.9. The first kappa shape index (κ1) is 87.9. The molecule has 1 saturated carbocycles. The molecule has 0 bridgehead atoms. The largest absolute Gasteiger partial charge is 0.456 e. The predicted octanol–water partition coefficient (Wildman–Crippen LogP) is 31.8. The first-order valence-electron chi connectivity index (χ1n) is 47.2. The molecule has 650 valence electrons. The highest BCUT2D eigenvalue weighted by Crippen LogP contribution is 2.59. The number of fused-ring (bicyclic) bond motifs is 14. The molecule has 12 aromatic carbocycles. The lowest BCUT2D eigenvalue weighted by Crippen LogP contribution is -2.31. The molecule has 3 aliphatic rings. The Morgan fingerprint density at radius 2 is 0.546 bits per heavy atom. The molecule has 0 amide bonds.